The summed E-state index contributed by atoms with van der Waals surface area (Å²) in [5.41, 5.74) is 0.658. The zero-order valence-electron chi connectivity index (χ0n) is 15.0. The number of aromatic hydroxyl groups is 1. The number of para-hydroxylation sites is 1. The van der Waals surface area contributed by atoms with Crippen LogP contribution in [0.4, 0.5) is 0 Å². The average Bonchev–Trinajstić information content (AvgIpc) is 2.60. The van der Waals surface area contributed by atoms with Crippen LogP contribution in [0.25, 0.3) is 0 Å². The van der Waals surface area contributed by atoms with Crippen molar-refractivity contribution in [3.63, 3.8) is 0 Å². The van der Waals surface area contributed by atoms with Gasteiger partial charge in [0.05, 0.1) is 0 Å². The van der Waals surface area contributed by atoms with Crippen molar-refractivity contribution >= 4 is 10.1 Å². The molecule has 0 amide bonds. The van der Waals surface area contributed by atoms with Gasteiger partial charge in [0.15, 0.2) is 11.5 Å². The molecule has 0 fully saturated rings. The predicted molar refractivity (Wildman–Crippen MR) is 102 cm³/mol. The molecule has 0 saturated heterocycles. The molecular formula is C20H26O5S. The van der Waals surface area contributed by atoms with Gasteiger partial charge >= 0.3 is 0 Å². The summed E-state index contributed by atoms with van der Waals surface area (Å²) in [5.74, 6) is -0.188. The molecule has 26 heavy (non-hydrogen) atoms. The van der Waals surface area contributed by atoms with Gasteiger partial charge in [-0.2, -0.15) is 8.42 Å². The number of phenols is 1. The van der Waals surface area contributed by atoms with E-state index in [4.69, 9.17) is 4.74 Å². The molecular weight excluding hydrogens is 352 g/mol. The lowest BCUT2D eigenvalue weighted by Gasteiger charge is -2.13. The van der Waals surface area contributed by atoms with Crippen molar-refractivity contribution in [1.82, 2.24) is 0 Å². The van der Waals surface area contributed by atoms with Crippen LogP contribution < -0.4 is 4.74 Å². The maximum atomic E-state index is 11.8. The van der Waals surface area contributed by atoms with Gasteiger partial charge < -0.3 is 9.84 Å². The molecule has 0 radical (unpaired) electrons. The first-order chi connectivity index (χ1) is 12.4. The van der Waals surface area contributed by atoms with E-state index in [1.54, 1.807) is 30.3 Å². The summed E-state index contributed by atoms with van der Waals surface area (Å²) in [6, 6.07) is 11.4. The van der Waals surface area contributed by atoms with Gasteiger partial charge in [-0.25, -0.2) is 0 Å². The Morgan fingerprint density at radius 2 is 1.62 bits per heavy atom. The zero-order chi connectivity index (χ0) is 19.0. The summed E-state index contributed by atoms with van der Waals surface area (Å²) in [4.78, 5) is -0.415. The molecule has 5 nitrogen and oxygen atoms in total. The molecule has 2 aromatic carbocycles. The summed E-state index contributed by atoms with van der Waals surface area (Å²) in [6.45, 7) is 2.17. The second kappa shape index (κ2) is 9.59. The highest BCUT2D eigenvalue weighted by atomic mass is 32.2. The number of ether oxygens (including phenoxy) is 1. The van der Waals surface area contributed by atoms with E-state index in [2.05, 4.69) is 6.92 Å². The Balaban J connectivity index is 2.17. The minimum atomic E-state index is -4.53. The molecule has 0 bridgehead atoms. The number of unbranched alkanes of at least 4 members (excludes halogenated alkanes) is 5. The number of phenolic OH excluding ortho intramolecular Hbond substituents is 1. The lowest BCUT2D eigenvalue weighted by Crippen LogP contribution is -2.03. The highest BCUT2D eigenvalue weighted by Gasteiger charge is 2.22. The number of rotatable bonds is 10. The molecule has 0 aromatic heterocycles. The van der Waals surface area contributed by atoms with Gasteiger partial charge in [0.25, 0.3) is 10.1 Å². The highest BCUT2D eigenvalue weighted by molar-refractivity contribution is 7.86. The van der Waals surface area contributed by atoms with E-state index >= 15 is 0 Å². The molecule has 2 N–H and O–H groups in total. The highest BCUT2D eigenvalue weighted by Crippen LogP contribution is 2.38. The standard InChI is InChI=1S/C20H26O5S/c1-2-3-4-5-6-8-11-16-14-18(21)20(19(15-16)26(22,23)24)25-17-12-9-7-10-13-17/h7,9-10,12-15,21H,2-6,8,11H2,1H3,(H,22,23,24). The van der Waals surface area contributed by atoms with E-state index < -0.39 is 15.0 Å². The topological polar surface area (TPSA) is 83.8 Å². The molecule has 0 aliphatic rings. The van der Waals surface area contributed by atoms with Crippen molar-refractivity contribution in [3.8, 4) is 17.2 Å². The van der Waals surface area contributed by atoms with Gasteiger partial charge in [-0.1, -0.05) is 57.2 Å². The Morgan fingerprint density at radius 1 is 0.962 bits per heavy atom. The van der Waals surface area contributed by atoms with Crippen LogP contribution in [-0.2, 0) is 16.5 Å². The first-order valence-electron chi connectivity index (χ1n) is 8.98. The van der Waals surface area contributed by atoms with Gasteiger partial charge in [-0.15, -0.1) is 0 Å². The molecule has 0 atom stereocenters. The summed E-state index contributed by atoms with van der Waals surface area (Å²) in [5, 5.41) is 10.3. The average molecular weight is 378 g/mol. The van der Waals surface area contributed by atoms with Crippen molar-refractivity contribution in [2.45, 2.75) is 56.8 Å². The molecule has 0 aliphatic heterocycles. The summed E-state index contributed by atoms with van der Waals surface area (Å²) >= 11 is 0. The third kappa shape index (κ3) is 6.04. The molecule has 0 saturated carbocycles. The lowest BCUT2D eigenvalue weighted by molar-refractivity contribution is 0.396. The van der Waals surface area contributed by atoms with E-state index in [0.29, 0.717) is 17.7 Å². The molecule has 0 aliphatic carbocycles. The minimum Gasteiger partial charge on any atom is -0.504 e. The lowest BCUT2D eigenvalue weighted by atomic mass is 10.0. The molecule has 2 aromatic rings. The Kier molecular flexibility index (Phi) is 7.48. The van der Waals surface area contributed by atoms with Gasteiger partial charge in [0.2, 0.25) is 0 Å². The predicted octanol–water partition coefficient (Wildman–Crippen LogP) is 5.33. The fraction of sp³-hybridized carbons (Fsp3) is 0.400. The molecule has 2 rings (SSSR count). The van der Waals surface area contributed by atoms with Crippen molar-refractivity contribution in [2.75, 3.05) is 0 Å². The van der Waals surface area contributed by atoms with Crippen LogP contribution in [0, 0.1) is 0 Å². The first kappa shape index (κ1) is 20.3. The summed E-state index contributed by atoms with van der Waals surface area (Å²) < 4.78 is 38.6. The second-order valence-corrected chi connectivity index (χ2v) is 7.74. The fourth-order valence-corrected chi connectivity index (χ4v) is 3.48. The normalized spacial score (nSPS) is 11.5. The van der Waals surface area contributed by atoms with Crippen molar-refractivity contribution in [1.29, 1.82) is 0 Å². The van der Waals surface area contributed by atoms with E-state index in [0.717, 1.165) is 19.3 Å². The van der Waals surface area contributed by atoms with E-state index in [9.17, 15) is 18.1 Å². The van der Waals surface area contributed by atoms with Gasteiger partial charge in [0.1, 0.15) is 10.6 Å². The SMILES string of the molecule is CCCCCCCCc1cc(O)c(Oc2ccccc2)c(S(=O)(=O)O)c1. The van der Waals surface area contributed by atoms with Crippen molar-refractivity contribution < 1.29 is 22.8 Å². The monoisotopic (exact) mass is 378 g/mol. The summed E-state index contributed by atoms with van der Waals surface area (Å²) in [6.07, 6.45) is 7.32. The molecule has 0 heterocycles. The van der Waals surface area contributed by atoms with Crippen molar-refractivity contribution in [3.05, 3.63) is 48.0 Å². The Bertz CT molecular complexity index is 800. The van der Waals surface area contributed by atoms with Crippen LogP contribution in [0.5, 0.6) is 17.2 Å². The zero-order valence-corrected chi connectivity index (χ0v) is 15.8. The van der Waals surface area contributed by atoms with Gasteiger partial charge in [-0.3, -0.25) is 4.55 Å². The Labute approximate surface area is 155 Å². The maximum absolute atomic E-state index is 11.8. The molecule has 6 heteroatoms. The molecule has 0 unspecified atom stereocenters. The van der Waals surface area contributed by atoms with E-state index in [-0.39, 0.29) is 11.5 Å². The van der Waals surface area contributed by atoms with E-state index in [1.165, 1.54) is 31.4 Å². The Morgan fingerprint density at radius 3 is 2.27 bits per heavy atom. The van der Waals surface area contributed by atoms with Crippen LogP contribution in [0.2, 0.25) is 0 Å². The van der Waals surface area contributed by atoms with Gasteiger partial charge in [0, 0.05) is 0 Å². The van der Waals surface area contributed by atoms with Crippen molar-refractivity contribution in [2.24, 2.45) is 0 Å². The van der Waals surface area contributed by atoms with Gasteiger partial charge in [-0.05, 0) is 42.7 Å². The van der Waals surface area contributed by atoms with Crippen LogP contribution in [-0.4, -0.2) is 18.1 Å². The first-order valence-corrected chi connectivity index (χ1v) is 10.4. The largest absolute Gasteiger partial charge is 0.504 e. The van der Waals surface area contributed by atoms with Crippen LogP contribution in [0.1, 0.15) is 51.0 Å². The third-order valence-electron chi connectivity index (χ3n) is 4.16. The second-order valence-electron chi connectivity index (χ2n) is 6.35. The fourth-order valence-electron chi connectivity index (χ4n) is 2.80. The Hall–Kier alpha value is -2.05. The number of aryl methyl sites for hydroxylation is 1. The van der Waals surface area contributed by atoms with E-state index in [1.807, 2.05) is 0 Å². The minimum absolute atomic E-state index is 0.259. The molecule has 0 spiro atoms. The number of hydrogen-bond donors (Lipinski definition) is 2. The maximum Gasteiger partial charge on any atom is 0.298 e. The summed E-state index contributed by atoms with van der Waals surface area (Å²) in [7, 11) is -4.53. The molecule has 142 valence electrons. The quantitative estimate of drug-likeness (QED) is 0.431. The number of benzene rings is 2. The number of hydrogen-bond acceptors (Lipinski definition) is 4. The van der Waals surface area contributed by atoms with Crippen LogP contribution in [0.15, 0.2) is 47.4 Å². The smallest absolute Gasteiger partial charge is 0.298 e. The third-order valence-corrected chi connectivity index (χ3v) is 5.01. The van der Waals surface area contributed by atoms with Crippen LogP contribution in [0.3, 0.4) is 0 Å². The van der Waals surface area contributed by atoms with Crippen LogP contribution >= 0.6 is 0 Å².